The number of benzene rings is 1. The van der Waals surface area contributed by atoms with E-state index in [2.05, 4.69) is 23.3 Å². The summed E-state index contributed by atoms with van der Waals surface area (Å²) in [6.07, 6.45) is 8.09. The molecule has 4 atom stereocenters. The first-order valence-corrected chi connectivity index (χ1v) is 8.26. The van der Waals surface area contributed by atoms with E-state index in [1.54, 1.807) is 24.3 Å². The maximum absolute atomic E-state index is 12.7. The monoisotopic (exact) mass is 317 g/mol. The molecule has 1 aromatic carbocycles. The summed E-state index contributed by atoms with van der Waals surface area (Å²) in [5.74, 6) is -0.296. The van der Waals surface area contributed by atoms with E-state index >= 15 is 0 Å². The lowest BCUT2D eigenvalue weighted by molar-refractivity contribution is -0.141. The summed E-state index contributed by atoms with van der Waals surface area (Å²) >= 11 is 0. The van der Waals surface area contributed by atoms with Gasteiger partial charge in [-0.2, -0.15) is 15.4 Å². The van der Waals surface area contributed by atoms with Gasteiger partial charge >= 0.3 is 0 Å². The number of carbonyl (C=O) groups excluding carboxylic acids is 2. The fraction of sp³-hybridized carbons (Fsp3) is 0.368. The topological polar surface area (TPSA) is 73.5 Å². The minimum absolute atomic E-state index is 0.155. The number of carbonyl (C=O) groups is 2. The van der Waals surface area contributed by atoms with Gasteiger partial charge in [-0.1, -0.05) is 24.3 Å². The summed E-state index contributed by atoms with van der Waals surface area (Å²) in [4.78, 5) is 25.5. The van der Waals surface area contributed by atoms with E-state index < -0.39 is 0 Å². The molecule has 0 N–H and O–H groups in total. The molecule has 1 aromatic rings. The number of fused-ring (bicyclic) bond motifs is 3. The highest BCUT2D eigenvalue weighted by Gasteiger charge is 2.73. The molecule has 1 aliphatic heterocycles. The highest BCUT2D eigenvalue weighted by molar-refractivity contribution is 6.07. The molecular weight excluding hydrogens is 302 g/mol. The Morgan fingerprint density at radius 3 is 2.17 bits per heavy atom. The molecule has 2 bridgehead atoms. The number of imide groups is 1. The van der Waals surface area contributed by atoms with Gasteiger partial charge in [-0.3, -0.25) is 9.59 Å². The predicted octanol–water partition coefficient (Wildman–Crippen LogP) is 2.09. The first-order valence-electron chi connectivity index (χ1n) is 8.26. The van der Waals surface area contributed by atoms with Crippen LogP contribution in [0.3, 0.4) is 0 Å². The van der Waals surface area contributed by atoms with Crippen LogP contribution in [0.5, 0.6) is 0 Å². The number of nitrogens with zero attached hydrogens (tertiary/aromatic N) is 3. The Hall–Kier alpha value is -2.74. The summed E-state index contributed by atoms with van der Waals surface area (Å²) in [5.41, 5.74) is 1.53. The molecule has 1 spiro atoms. The van der Waals surface area contributed by atoms with Crippen molar-refractivity contribution in [3.05, 3.63) is 47.5 Å². The van der Waals surface area contributed by atoms with Crippen LogP contribution in [0, 0.1) is 40.4 Å². The number of hydrogen-bond acceptors (Lipinski definition) is 4. The van der Waals surface area contributed by atoms with E-state index in [1.807, 2.05) is 0 Å². The van der Waals surface area contributed by atoms with Crippen LogP contribution in [0.15, 0.2) is 41.5 Å². The SMILES string of the molecule is N#Cc1ccc(/C=N\N2C(=O)[C@@H]3[C@H](C2=O)[C@@H]2C=C[C@@H]3C23CC3)cc1. The molecule has 5 rings (SSSR count). The lowest BCUT2D eigenvalue weighted by Crippen LogP contribution is -2.30. The third-order valence-corrected chi connectivity index (χ3v) is 6.19. The van der Waals surface area contributed by atoms with Crippen LogP contribution in [0.4, 0.5) is 0 Å². The molecule has 0 unspecified atom stereocenters. The Morgan fingerprint density at radius 1 is 1.08 bits per heavy atom. The molecule has 24 heavy (non-hydrogen) atoms. The van der Waals surface area contributed by atoms with Crippen LogP contribution in [0.2, 0.25) is 0 Å². The van der Waals surface area contributed by atoms with E-state index in [0.717, 1.165) is 23.4 Å². The van der Waals surface area contributed by atoms with Crippen molar-refractivity contribution in [3.63, 3.8) is 0 Å². The molecule has 118 valence electrons. The van der Waals surface area contributed by atoms with Gasteiger partial charge < -0.3 is 0 Å². The standard InChI is InChI=1S/C19H15N3O2/c20-9-11-1-3-12(4-2-11)10-21-22-17(23)15-13-5-6-14(16(15)18(22)24)19(13)7-8-19/h1-6,10,13-16H,7-8H2/b21-10-/t13-,14-,15-,16+/m0/s1. The Balaban J connectivity index is 1.41. The van der Waals surface area contributed by atoms with Crippen molar-refractivity contribution in [2.45, 2.75) is 12.8 Å². The minimum atomic E-state index is -0.215. The van der Waals surface area contributed by atoms with E-state index in [1.165, 1.54) is 6.21 Å². The summed E-state index contributed by atoms with van der Waals surface area (Å²) in [5, 5.41) is 14.0. The third-order valence-electron chi connectivity index (χ3n) is 6.19. The van der Waals surface area contributed by atoms with Crippen LogP contribution in [-0.4, -0.2) is 23.0 Å². The van der Waals surface area contributed by atoms with E-state index in [9.17, 15) is 9.59 Å². The Labute approximate surface area is 139 Å². The largest absolute Gasteiger partial charge is 0.272 e. The van der Waals surface area contributed by atoms with Crippen molar-refractivity contribution in [1.82, 2.24) is 5.01 Å². The average molecular weight is 317 g/mol. The fourth-order valence-electron chi connectivity index (χ4n) is 4.94. The highest BCUT2D eigenvalue weighted by Crippen LogP contribution is 2.73. The van der Waals surface area contributed by atoms with Gasteiger partial charge in [0.05, 0.1) is 29.7 Å². The number of amides is 2. The van der Waals surface area contributed by atoms with Crippen molar-refractivity contribution in [3.8, 4) is 6.07 Å². The van der Waals surface area contributed by atoms with Gasteiger partial charge in [-0.05, 0) is 47.8 Å². The second-order valence-electron chi connectivity index (χ2n) is 7.19. The highest BCUT2D eigenvalue weighted by atomic mass is 16.2. The summed E-state index contributed by atoms with van der Waals surface area (Å²) in [7, 11) is 0. The van der Waals surface area contributed by atoms with Gasteiger partial charge in [0.2, 0.25) is 0 Å². The van der Waals surface area contributed by atoms with Crippen molar-refractivity contribution in [2.75, 3.05) is 0 Å². The lowest BCUT2D eigenvalue weighted by Gasteiger charge is -2.18. The zero-order chi connectivity index (χ0) is 16.5. The zero-order valence-corrected chi connectivity index (χ0v) is 12.9. The van der Waals surface area contributed by atoms with E-state index in [-0.39, 0.29) is 40.9 Å². The maximum atomic E-state index is 12.7. The van der Waals surface area contributed by atoms with Gasteiger partial charge in [-0.25, -0.2) is 0 Å². The number of hydrazone groups is 1. The van der Waals surface area contributed by atoms with Gasteiger partial charge in [-0.15, -0.1) is 0 Å². The molecule has 2 amide bonds. The van der Waals surface area contributed by atoms with Crippen LogP contribution < -0.4 is 0 Å². The average Bonchev–Trinajstić information content (AvgIpc) is 3.21. The van der Waals surface area contributed by atoms with Crippen molar-refractivity contribution < 1.29 is 9.59 Å². The van der Waals surface area contributed by atoms with Crippen LogP contribution in [0.25, 0.3) is 0 Å². The lowest BCUT2D eigenvalue weighted by atomic mass is 9.85. The van der Waals surface area contributed by atoms with Crippen LogP contribution in [-0.2, 0) is 9.59 Å². The molecule has 0 radical (unpaired) electrons. The summed E-state index contributed by atoms with van der Waals surface area (Å²) in [6.45, 7) is 0. The van der Waals surface area contributed by atoms with Crippen LogP contribution >= 0.6 is 0 Å². The number of hydrogen-bond donors (Lipinski definition) is 0. The molecule has 1 saturated heterocycles. The van der Waals surface area contributed by atoms with Gasteiger partial charge in [0, 0.05) is 0 Å². The molecule has 5 nitrogen and oxygen atoms in total. The van der Waals surface area contributed by atoms with Crippen molar-refractivity contribution in [2.24, 2.45) is 34.2 Å². The zero-order valence-electron chi connectivity index (χ0n) is 12.9. The van der Waals surface area contributed by atoms with Crippen molar-refractivity contribution in [1.29, 1.82) is 5.26 Å². The number of rotatable bonds is 2. The molecule has 2 saturated carbocycles. The van der Waals surface area contributed by atoms with Gasteiger partial charge in [0.1, 0.15) is 0 Å². The quantitative estimate of drug-likeness (QED) is 0.476. The molecule has 0 aromatic heterocycles. The minimum Gasteiger partial charge on any atom is -0.272 e. The number of nitriles is 1. The Bertz CT molecular complexity index is 824. The van der Waals surface area contributed by atoms with E-state index in [0.29, 0.717) is 5.56 Å². The van der Waals surface area contributed by atoms with Gasteiger partial charge in [0.15, 0.2) is 0 Å². The fourth-order valence-corrected chi connectivity index (χ4v) is 4.94. The summed E-state index contributed by atoms with van der Waals surface area (Å²) in [6, 6.07) is 8.92. The second-order valence-corrected chi connectivity index (χ2v) is 7.19. The Kier molecular flexibility index (Phi) is 2.52. The maximum Gasteiger partial charge on any atom is 0.254 e. The van der Waals surface area contributed by atoms with Crippen molar-refractivity contribution >= 4 is 18.0 Å². The molecule has 5 heteroatoms. The Morgan fingerprint density at radius 2 is 1.67 bits per heavy atom. The second kappa shape index (κ2) is 4.41. The number of allylic oxidation sites excluding steroid dienone is 2. The van der Waals surface area contributed by atoms with E-state index in [4.69, 9.17) is 5.26 Å². The molecular formula is C19H15N3O2. The molecule has 3 aliphatic carbocycles. The third kappa shape index (κ3) is 1.56. The molecule has 4 aliphatic rings. The smallest absolute Gasteiger partial charge is 0.254 e. The predicted molar refractivity (Wildman–Crippen MR) is 85.4 cm³/mol. The van der Waals surface area contributed by atoms with Crippen LogP contribution in [0.1, 0.15) is 24.0 Å². The molecule has 3 fully saturated rings. The first-order chi connectivity index (χ1) is 11.7. The van der Waals surface area contributed by atoms with Gasteiger partial charge in [0.25, 0.3) is 11.8 Å². The molecule has 1 heterocycles. The normalized spacial score (nSPS) is 34.4. The first kappa shape index (κ1) is 13.7. The summed E-state index contributed by atoms with van der Waals surface area (Å²) < 4.78 is 0.